The van der Waals surface area contributed by atoms with E-state index in [-0.39, 0.29) is 11.9 Å². The van der Waals surface area contributed by atoms with Crippen LogP contribution in [0.5, 0.6) is 0 Å². The summed E-state index contributed by atoms with van der Waals surface area (Å²) in [7, 11) is 0. The van der Waals surface area contributed by atoms with Crippen molar-refractivity contribution in [2.45, 2.75) is 69.2 Å². The van der Waals surface area contributed by atoms with Crippen molar-refractivity contribution in [2.24, 2.45) is 0 Å². The van der Waals surface area contributed by atoms with Crippen LogP contribution in [0.15, 0.2) is 0 Å². The van der Waals surface area contributed by atoms with Crippen molar-refractivity contribution in [3.63, 3.8) is 0 Å². The molecule has 1 heterocycles. The van der Waals surface area contributed by atoms with E-state index in [1.807, 2.05) is 0 Å². The van der Waals surface area contributed by atoms with Gasteiger partial charge in [-0.05, 0) is 32.6 Å². The summed E-state index contributed by atoms with van der Waals surface area (Å²) in [6.07, 6.45) is 9.55. The molecule has 0 aromatic carbocycles. The molecule has 4 nitrogen and oxygen atoms in total. The molecule has 3 aliphatic rings. The van der Waals surface area contributed by atoms with E-state index in [9.17, 15) is 4.79 Å². The topological polar surface area (TPSA) is 35.6 Å². The highest BCUT2D eigenvalue weighted by Crippen LogP contribution is 2.28. The zero-order chi connectivity index (χ0) is 16.1. The lowest BCUT2D eigenvalue weighted by Crippen LogP contribution is -2.54. The van der Waals surface area contributed by atoms with Crippen LogP contribution in [0.1, 0.15) is 51.9 Å². The van der Waals surface area contributed by atoms with E-state index < -0.39 is 0 Å². The van der Waals surface area contributed by atoms with Crippen LogP contribution in [0, 0.1) is 0 Å². The van der Waals surface area contributed by atoms with Gasteiger partial charge in [0.25, 0.3) is 0 Å². The Hall–Kier alpha value is -0.260. The second kappa shape index (κ2) is 8.72. The SMILES string of the molecule is C[C@@H](C(=O)NC1CC1)N1CCN(CCSC2CCCCC2)CC1. The minimum Gasteiger partial charge on any atom is -0.352 e. The van der Waals surface area contributed by atoms with Gasteiger partial charge in [0, 0.05) is 49.8 Å². The number of amides is 1. The Morgan fingerprint density at radius 1 is 1.09 bits per heavy atom. The standard InChI is InChI=1S/C18H33N3OS/c1-15(18(22)19-16-7-8-16)21-11-9-20(10-12-21)13-14-23-17-5-3-2-4-6-17/h15-17H,2-14H2,1H3,(H,19,22)/t15-/m0/s1. The Morgan fingerprint density at radius 2 is 1.78 bits per heavy atom. The quantitative estimate of drug-likeness (QED) is 0.772. The van der Waals surface area contributed by atoms with Gasteiger partial charge >= 0.3 is 0 Å². The van der Waals surface area contributed by atoms with Crippen LogP contribution in [-0.2, 0) is 4.79 Å². The third kappa shape index (κ3) is 5.64. The highest BCUT2D eigenvalue weighted by Gasteiger charge is 2.29. The van der Waals surface area contributed by atoms with Crippen LogP contribution >= 0.6 is 11.8 Å². The number of nitrogens with one attached hydrogen (secondary N) is 1. The highest BCUT2D eigenvalue weighted by molar-refractivity contribution is 7.99. The molecule has 0 unspecified atom stereocenters. The van der Waals surface area contributed by atoms with E-state index in [4.69, 9.17) is 0 Å². The summed E-state index contributed by atoms with van der Waals surface area (Å²) in [6, 6.07) is 0.511. The highest BCUT2D eigenvalue weighted by atomic mass is 32.2. The molecule has 0 bridgehead atoms. The lowest BCUT2D eigenvalue weighted by molar-refractivity contribution is -0.126. The molecule has 23 heavy (non-hydrogen) atoms. The Bertz CT molecular complexity index is 374. The Morgan fingerprint density at radius 3 is 2.43 bits per heavy atom. The molecule has 2 aliphatic carbocycles. The van der Waals surface area contributed by atoms with Crippen molar-refractivity contribution in [2.75, 3.05) is 38.5 Å². The Kier molecular flexibility index (Phi) is 6.66. The maximum Gasteiger partial charge on any atom is 0.237 e. The van der Waals surface area contributed by atoms with Crippen LogP contribution in [0.3, 0.4) is 0 Å². The number of hydrogen-bond donors (Lipinski definition) is 1. The van der Waals surface area contributed by atoms with Crippen molar-refractivity contribution < 1.29 is 4.79 Å². The molecular weight excluding hydrogens is 306 g/mol. The molecule has 0 radical (unpaired) electrons. The van der Waals surface area contributed by atoms with Crippen LogP contribution in [0.2, 0.25) is 0 Å². The summed E-state index contributed by atoms with van der Waals surface area (Å²) < 4.78 is 0. The van der Waals surface area contributed by atoms with Crippen molar-refractivity contribution >= 4 is 17.7 Å². The van der Waals surface area contributed by atoms with E-state index >= 15 is 0 Å². The molecule has 0 aromatic rings. The van der Waals surface area contributed by atoms with Crippen LogP contribution in [-0.4, -0.2) is 71.5 Å². The van der Waals surface area contributed by atoms with E-state index in [2.05, 4.69) is 33.8 Å². The molecular formula is C18H33N3OS. The molecule has 1 aliphatic heterocycles. The lowest BCUT2D eigenvalue weighted by atomic mass is 10.0. The van der Waals surface area contributed by atoms with E-state index in [0.717, 1.165) is 31.4 Å². The van der Waals surface area contributed by atoms with E-state index in [1.54, 1.807) is 0 Å². The summed E-state index contributed by atoms with van der Waals surface area (Å²) in [5.41, 5.74) is 0. The van der Waals surface area contributed by atoms with Gasteiger partial charge in [-0.15, -0.1) is 0 Å². The molecule has 1 atom stereocenters. The number of nitrogens with zero attached hydrogens (tertiary/aromatic N) is 2. The monoisotopic (exact) mass is 339 g/mol. The first-order chi connectivity index (χ1) is 11.2. The van der Waals surface area contributed by atoms with Gasteiger partial charge in [0.1, 0.15) is 0 Å². The first kappa shape index (κ1) is 17.6. The van der Waals surface area contributed by atoms with Gasteiger partial charge in [-0.1, -0.05) is 19.3 Å². The fraction of sp³-hybridized carbons (Fsp3) is 0.944. The minimum absolute atomic E-state index is 0.0364. The van der Waals surface area contributed by atoms with Gasteiger partial charge < -0.3 is 5.32 Å². The zero-order valence-electron chi connectivity index (χ0n) is 14.6. The minimum atomic E-state index is 0.0364. The van der Waals surface area contributed by atoms with Gasteiger partial charge in [-0.3, -0.25) is 14.6 Å². The second-order valence-corrected chi connectivity index (χ2v) is 8.88. The smallest absolute Gasteiger partial charge is 0.237 e. The molecule has 1 amide bonds. The van der Waals surface area contributed by atoms with E-state index in [1.165, 1.54) is 57.2 Å². The number of piperazine rings is 1. The third-order valence-electron chi connectivity index (χ3n) is 5.57. The van der Waals surface area contributed by atoms with Crippen molar-refractivity contribution in [1.82, 2.24) is 15.1 Å². The number of hydrogen-bond acceptors (Lipinski definition) is 4. The lowest BCUT2D eigenvalue weighted by Gasteiger charge is -2.37. The molecule has 2 saturated carbocycles. The number of carbonyl (C=O) groups excluding carboxylic acids is 1. The van der Waals surface area contributed by atoms with Crippen LogP contribution < -0.4 is 5.32 Å². The average Bonchev–Trinajstić information content (AvgIpc) is 3.40. The predicted molar refractivity (Wildman–Crippen MR) is 98.0 cm³/mol. The summed E-state index contributed by atoms with van der Waals surface area (Å²) >= 11 is 2.20. The summed E-state index contributed by atoms with van der Waals surface area (Å²) in [6.45, 7) is 7.59. The zero-order valence-corrected chi connectivity index (χ0v) is 15.5. The molecule has 3 fully saturated rings. The summed E-state index contributed by atoms with van der Waals surface area (Å²) in [5, 5.41) is 4.06. The van der Waals surface area contributed by atoms with Gasteiger partial charge in [0.15, 0.2) is 0 Å². The van der Waals surface area contributed by atoms with Crippen LogP contribution in [0.4, 0.5) is 0 Å². The molecule has 5 heteroatoms. The number of carbonyl (C=O) groups is 1. The molecule has 3 rings (SSSR count). The molecule has 0 aromatic heterocycles. The Labute approximate surface area is 145 Å². The first-order valence-corrected chi connectivity index (χ1v) is 10.7. The van der Waals surface area contributed by atoms with Gasteiger partial charge in [-0.2, -0.15) is 11.8 Å². The predicted octanol–water partition coefficient (Wildman–Crippen LogP) is 2.34. The Balaban J connectivity index is 1.29. The van der Waals surface area contributed by atoms with Crippen LogP contribution in [0.25, 0.3) is 0 Å². The number of thioether (sulfide) groups is 1. The fourth-order valence-electron chi connectivity index (χ4n) is 3.67. The summed E-state index contributed by atoms with van der Waals surface area (Å²) in [4.78, 5) is 17.1. The van der Waals surface area contributed by atoms with E-state index in [0.29, 0.717) is 6.04 Å². The molecule has 132 valence electrons. The van der Waals surface area contributed by atoms with Gasteiger partial charge in [-0.25, -0.2) is 0 Å². The number of rotatable bonds is 7. The molecule has 0 spiro atoms. The summed E-state index contributed by atoms with van der Waals surface area (Å²) in [5.74, 6) is 1.51. The van der Waals surface area contributed by atoms with Gasteiger partial charge in [0.2, 0.25) is 5.91 Å². The third-order valence-corrected chi connectivity index (χ3v) is 6.93. The maximum atomic E-state index is 12.2. The van der Waals surface area contributed by atoms with Crippen molar-refractivity contribution in [1.29, 1.82) is 0 Å². The molecule has 1 N–H and O–H groups in total. The van der Waals surface area contributed by atoms with Gasteiger partial charge in [0.05, 0.1) is 6.04 Å². The normalized spacial score (nSPS) is 26.1. The van der Waals surface area contributed by atoms with Crippen molar-refractivity contribution in [3.8, 4) is 0 Å². The fourth-order valence-corrected chi connectivity index (χ4v) is 5.03. The largest absolute Gasteiger partial charge is 0.352 e. The first-order valence-electron chi connectivity index (χ1n) is 9.61. The second-order valence-electron chi connectivity index (χ2n) is 7.47. The maximum absolute atomic E-state index is 12.2. The molecule has 1 saturated heterocycles. The average molecular weight is 340 g/mol. The van der Waals surface area contributed by atoms with Crippen molar-refractivity contribution in [3.05, 3.63) is 0 Å².